The van der Waals surface area contributed by atoms with Crippen molar-refractivity contribution in [3.8, 4) is 0 Å². The first-order valence-electron chi connectivity index (χ1n) is 6.57. The summed E-state index contributed by atoms with van der Waals surface area (Å²) >= 11 is 5.76. The molecule has 100 valence electrons. The third-order valence-electron chi connectivity index (χ3n) is 3.68. The second kappa shape index (κ2) is 5.08. The zero-order valence-corrected chi connectivity index (χ0v) is 12.0. The van der Waals surface area contributed by atoms with Gasteiger partial charge in [0, 0.05) is 11.1 Å². The average molecular weight is 270 g/mol. The zero-order chi connectivity index (χ0) is 13.3. The maximum Gasteiger partial charge on any atom is 0.147 e. The fourth-order valence-electron chi connectivity index (χ4n) is 3.28. The highest BCUT2D eigenvalue weighted by atomic mass is 35.5. The Kier molecular flexibility index (Phi) is 3.86. The molecule has 0 aliphatic heterocycles. The van der Waals surface area contributed by atoms with Gasteiger partial charge in [-0.2, -0.15) is 0 Å². The molecule has 3 heteroatoms. The van der Waals surface area contributed by atoms with Crippen molar-refractivity contribution in [1.29, 1.82) is 0 Å². The second-order valence-corrected chi connectivity index (χ2v) is 6.82. The predicted octanol–water partition coefficient (Wildman–Crippen LogP) is 5.11. The Morgan fingerprint density at radius 1 is 1.33 bits per heavy atom. The van der Waals surface area contributed by atoms with E-state index < -0.39 is 0 Å². The van der Waals surface area contributed by atoms with E-state index in [0.717, 1.165) is 12.8 Å². The third-order valence-corrected chi connectivity index (χ3v) is 3.91. The molecule has 1 nitrogen and oxygen atoms in total. The van der Waals surface area contributed by atoms with E-state index in [-0.39, 0.29) is 5.82 Å². The Morgan fingerprint density at radius 2 is 2.06 bits per heavy atom. The number of hydrogen-bond donors (Lipinski definition) is 1. The van der Waals surface area contributed by atoms with Crippen LogP contribution < -0.4 is 5.32 Å². The number of hydrogen-bond acceptors (Lipinski definition) is 1. The first-order chi connectivity index (χ1) is 8.35. The van der Waals surface area contributed by atoms with Gasteiger partial charge in [-0.25, -0.2) is 4.39 Å². The van der Waals surface area contributed by atoms with Gasteiger partial charge in [0.05, 0.1) is 5.69 Å². The molecule has 2 rings (SSSR count). The van der Waals surface area contributed by atoms with E-state index in [1.54, 1.807) is 12.1 Å². The first kappa shape index (κ1) is 13.7. The molecule has 0 amide bonds. The molecule has 0 spiro atoms. The van der Waals surface area contributed by atoms with Gasteiger partial charge in [0.25, 0.3) is 0 Å². The van der Waals surface area contributed by atoms with Gasteiger partial charge in [-0.05, 0) is 48.8 Å². The van der Waals surface area contributed by atoms with Crippen LogP contribution in [-0.4, -0.2) is 6.04 Å². The van der Waals surface area contributed by atoms with E-state index in [2.05, 4.69) is 26.1 Å². The number of anilines is 1. The molecule has 1 aromatic rings. The van der Waals surface area contributed by atoms with Gasteiger partial charge in [-0.15, -0.1) is 0 Å². The van der Waals surface area contributed by atoms with Crippen molar-refractivity contribution in [3.05, 3.63) is 29.0 Å². The lowest BCUT2D eigenvalue weighted by Gasteiger charge is -2.39. The number of nitrogens with one attached hydrogen (secondary N) is 1. The molecule has 0 aromatic heterocycles. The van der Waals surface area contributed by atoms with Crippen LogP contribution in [0.4, 0.5) is 10.1 Å². The van der Waals surface area contributed by atoms with Crippen LogP contribution in [-0.2, 0) is 0 Å². The van der Waals surface area contributed by atoms with Gasteiger partial charge < -0.3 is 5.32 Å². The Morgan fingerprint density at radius 3 is 2.67 bits per heavy atom. The van der Waals surface area contributed by atoms with Gasteiger partial charge in [0.15, 0.2) is 0 Å². The summed E-state index contributed by atoms with van der Waals surface area (Å²) in [7, 11) is 0. The van der Waals surface area contributed by atoms with Crippen LogP contribution in [0.25, 0.3) is 0 Å². The first-order valence-corrected chi connectivity index (χ1v) is 6.95. The monoisotopic (exact) mass is 269 g/mol. The molecule has 1 aliphatic carbocycles. The van der Waals surface area contributed by atoms with Crippen LogP contribution in [0.1, 0.15) is 40.0 Å². The summed E-state index contributed by atoms with van der Waals surface area (Å²) in [5, 5.41) is 3.77. The molecule has 0 saturated heterocycles. The van der Waals surface area contributed by atoms with Gasteiger partial charge in [-0.1, -0.05) is 32.4 Å². The molecule has 1 fully saturated rings. The van der Waals surface area contributed by atoms with Crippen LogP contribution in [0.5, 0.6) is 0 Å². The van der Waals surface area contributed by atoms with Crippen LogP contribution in [0.3, 0.4) is 0 Å². The van der Waals surface area contributed by atoms with Crippen LogP contribution in [0.15, 0.2) is 18.2 Å². The predicted molar refractivity (Wildman–Crippen MR) is 75.6 cm³/mol. The molecule has 0 heterocycles. The highest BCUT2D eigenvalue weighted by molar-refractivity contribution is 6.30. The largest absolute Gasteiger partial charge is 0.380 e. The lowest BCUT2D eigenvalue weighted by molar-refractivity contribution is 0.177. The molecule has 1 aromatic carbocycles. The maximum absolute atomic E-state index is 13.7. The van der Waals surface area contributed by atoms with E-state index >= 15 is 0 Å². The molecule has 0 radical (unpaired) electrons. The van der Waals surface area contributed by atoms with Crippen molar-refractivity contribution >= 4 is 17.3 Å². The molecule has 0 bridgehead atoms. The van der Waals surface area contributed by atoms with Crippen LogP contribution >= 0.6 is 11.6 Å². The summed E-state index contributed by atoms with van der Waals surface area (Å²) in [6, 6.07) is 5.16. The molecule has 1 N–H and O–H groups in total. The SMILES string of the molecule is CC1CC(Nc2ccc(Cl)cc2F)CC(C)(C)C1. The summed E-state index contributed by atoms with van der Waals surface area (Å²) in [5.74, 6) is 0.417. The minimum absolute atomic E-state index is 0.265. The Bertz CT molecular complexity index is 431. The molecule has 1 aliphatic rings. The van der Waals surface area contributed by atoms with E-state index in [9.17, 15) is 4.39 Å². The number of halogens is 2. The van der Waals surface area contributed by atoms with Gasteiger partial charge in [-0.3, -0.25) is 0 Å². The molecule has 2 unspecified atom stereocenters. The van der Waals surface area contributed by atoms with E-state index in [1.807, 2.05) is 0 Å². The summed E-state index contributed by atoms with van der Waals surface area (Å²) in [4.78, 5) is 0. The normalized spacial score (nSPS) is 26.9. The zero-order valence-electron chi connectivity index (χ0n) is 11.3. The highest BCUT2D eigenvalue weighted by Crippen LogP contribution is 2.39. The fourth-order valence-corrected chi connectivity index (χ4v) is 3.44. The average Bonchev–Trinajstić information content (AvgIpc) is 2.19. The molecular weight excluding hydrogens is 249 g/mol. The smallest absolute Gasteiger partial charge is 0.147 e. The van der Waals surface area contributed by atoms with Gasteiger partial charge in [0.2, 0.25) is 0 Å². The standard InChI is InChI=1S/C15H21ClFN/c1-10-6-12(9-15(2,3)8-10)18-14-5-4-11(16)7-13(14)17/h4-5,7,10,12,18H,6,8-9H2,1-3H3. The van der Waals surface area contributed by atoms with Crippen molar-refractivity contribution in [2.75, 3.05) is 5.32 Å². The minimum Gasteiger partial charge on any atom is -0.380 e. The summed E-state index contributed by atoms with van der Waals surface area (Å²) < 4.78 is 13.7. The van der Waals surface area contributed by atoms with Gasteiger partial charge >= 0.3 is 0 Å². The van der Waals surface area contributed by atoms with Crippen molar-refractivity contribution in [2.45, 2.75) is 46.1 Å². The highest BCUT2D eigenvalue weighted by Gasteiger charge is 2.32. The molecule has 18 heavy (non-hydrogen) atoms. The Labute approximate surface area is 114 Å². The fraction of sp³-hybridized carbons (Fsp3) is 0.600. The van der Waals surface area contributed by atoms with E-state index in [4.69, 9.17) is 11.6 Å². The lowest BCUT2D eigenvalue weighted by Crippen LogP contribution is -2.35. The lowest BCUT2D eigenvalue weighted by atomic mass is 9.70. The topological polar surface area (TPSA) is 12.0 Å². The van der Waals surface area contributed by atoms with Crippen molar-refractivity contribution in [1.82, 2.24) is 0 Å². The number of benzene rings is 1. The summed E-state index contributed by atoms with van der Waals surface area (Å²) in [6.45, 7) is 6.85. The van der Waals surface area contributed by atoms with Gasteiger partial charge in [0.1, 0.15) is 5.82 Å². The molecule has 2 atom stereocenters. The van der Waals surface area contributed by atoms with Crippen LogP contribution in [0.2, 0.25) is 5.02 Å². The third kappa shape index (κ3) is 3.38. The molecule has 1 saturated carbocycles. The Hall–Kier alpha value is -0.760. The maximum atomic E-state index is 13.7. The summed E-state index contributed by atoms with van der Waals surface area (Å²) in [5.41, 5.74) is 0.896. The minimum atomic E-state index is -0.265. The second-order valence-electron chi connectivity index (χ2n) is 6.38. The van der Waals surface area contributed by atoms with E-state index in [1.165, 1.54) is 12.5 Å². The summed E-state index contributed by atoms with van der Waals surface area (Å²) in [6.07, 6.45) is 3.43. The number of rotatable bonds is 2. The van der Waals surface area contributed by atoms with Crippen molar-refractivity contribution in [3.63, 3.8) is 0 Å². The van der Waals surface area contributed by atoms with Crippen molar-refractivity contribution < 1.29 is 4.39 Å². The molecular formula is C15H21ClFN. The van der Waals surface area contributed by atoms with Crippen molar-refractivity contribution in [2.24, 2.45) is 11.3 Å². The Balaban J connectivity index is 2.09. The quantitative estimate of drug-likeness (QED) is 0.787. The van der Waals surface area contributed by atoms with E-state index in [0.29, 0.717) is 28.1 Å². The van der Waals surface area contributed by atoms with Crippen LogP contribution in [0, 0.1) is 17.2 Å².